The van der Waals surface area contributed by atoms with Crippen LogP contribution in [0.15, 0.2) is 10.6 Å². The largest absolute Gasteiger partial charge is 0.378 e. The predicted molar refractivity (Wildman–Crippen MR) is 82.4 cm³/mol. The van der Waals surface area contributed by atoms with Crippen molar-refractivity contribution in [2.75, 3.05) is 6.61 Å². The molecule has 1 heterocycles. The highest BCUT2D eigenvalue weighted by atomic mass is 16.5. The summed E-state index contributed by atoms with van der Waals surface area (Å²) >= 11 is 0. The molecule has 2 fully saturated rings. The lowest BCUT2D eigenvalue weighted by molar-refractivity contribution is -0.156. The number of aromatic nitrogens is 1. The van der Waals surface area contributed by atoms with E-state index in [2.05, 4.69) is 17.4 Å². The molecule has 5 heteroatoms. The summed E-state index contributed by atoms with van der Waals surface area (Å²) in [5.41, 5.74) is 0.872. The number of aryl methyl sites for hydroxylation is 1. The van der Waals surface area contributed by atoms with Crippen molar-refractivity contribution in [2.45, 2.75) is 70.9 Å². The number of amides is 1. The Morgan fingerprint density at radius 2 is 2.23 bits per heavy atom. The number of ether oxygens (including phenoxy) is 1. The number of nitrogens with zero attached hydrogens (tertiary/aromatic N) is 1. The van der Waals surface area contributed by atoms with Crippen LogP contribution in [0.2, 0.25) is 0 Å². The predicted octanol–water partition coefficient (Wildman–Crippen LogP) is 2.77. The van der Waals surface area contributed by atoms with Gasteiger partial charge in [-0.05, 0) is 33.1 Å². The van der Waals surface area contributed by atoms with Crippen molar-refractivity contribution in [1.29, 1.82) is 0 Å². The van der Waals surface area contributed by atoms with Crippen LogP contribution in [0.25, 0.3) is 0 Å². The molecule has 2 saturated carbocycles. The Morgan fingerprint density at radius 1 is 1.45 bits per heavy atom. The zero-order valence-corrected chi connectivity index (χ0v) is 13.6. The van der Waals surface area contributed by atoms with Crippen molar-refractivity contribution >= 4 is 5.91 Å². The molecule has 0 bridgehead atoms. The maximum absolute atomic E-state index is 12.3. The Kier molecular flexibility index (Phi) is 4.52. The molecule has 2 atom stereocenters. The number of hydrogen-bond donors (Lipinski definition) is 1. The van der Waals surface area contributed by atoms with Crippen molar-refractivity contribution in [3.8, 4) is 0 Å². The maximum Gasteiger partial charge on any atom is 0.226 e. The second-order valence-electron chi connectivity index (χ2n) is 6.70. The van der Waals surface area contributed by atoms with Crippen LogP contribution >= 0.6 is 0 Å². The molecule has 2 unspecified atom stereocenters. The van der Waals surface area contributed by atoms with Crippen LogP contribution in [0.1, 0.15) is 56.9 Å². The third-order valence-electron chi connectivity index (χ3n) is 5.29. The van der Waals surface area contributed by atoms with Crippen molar-refractivity contribution in [2.24, 2.45) is 5.41 Å². The van der Waals surface area contributed by atoms with Gasteiger partial charge in [0.15, 0.2) is 0 Å². The van der Waals surface area contributed by atoms with Gasteiger partial charge in [0.05, 0.1) is 18.2 Å². The molecule has 1 aromatic rings. The summed E-state index contributed by atoms with van der Waals surface area (Å²) in [6.07, 6.45) is 7.70. The second-order valence-corrected chi connectivity index (χ2v) is 6.70. The highest BCUT2D eigenvalue weighted by Crippen LogP contribution is 2.53. The van der Waals surface area contributed by atoms with Gasteiger partial charge in [-0.1, -0.05) is 24.4 Å². The molecule has 1 N–H and O–H groups in total. The average Bonchev–Trinajstić information content (AvgIpc) is 2.92. The minimum atomic E-state index is 0.0400. The molecule has 0 radical (unpaired) electrons. The molecule has 0 saturated heterocycles. The van der Waals surface area contributed by atoms with Crippen molar-refractivity contribution < 1.29 is 14.1 Å². The molecule has 1 amide bonds. The Labute approximate surface area is 131 Å². The fraction of sp³-hybridized carbons (Fsp3) is 0.765. The summed E-state index contributed by atoms with van der Waals surface area (Å²) in [6.45, 7) is 4.64. The first kappa shape index (κ1) is 15.5. The number of nitrogens with one attached hydrogen (secondary N) is 1. The van der Waals surface area contributed by atoms with Crippen LogP contribution in [0.3, 0.4) is 0 Å². The van der Waals surface area contributed by atoms with E-state index in [1.165, 1.54) is 32.1 Å². The van der Waals surface area contributed by atoms with Gasteiger partial charge in [0.25, 0.3) is 0 Å². The van der Waals surface area contributed by atoms with Crippen molar-refractivity contribution in [3.63, 3.8) is 0 Å². The summed E-state index contributed by atoms with van der Waals surface area (Å²) in [5, 5.41) is 7.12. The molecule has 3 rings (SSSR count). The zero-order chi connectivity index (χ0) is 15.6. The van der Waals surface area contributed by atoms with Crippen LogP contribution in [0, 0.1) is 12.3 Å². The van der Waals surface area contributed by atoms with E-state index in [-0.39, 0.29) is 17.4 Å². The van der Waals surface area contributed by atoms with E-state index in [1.807, 2.05) is 13.0 Å². The van der Waals surface area contributed by atoms with Crippen LogP contribution in [0.5, 0.6) is 0 Å². The lowest BCUT2D eigenvalue weighted by Gasteiger charge is -2.57. The highest BCUT2D eigenvalue weighted by molar-refractivity contribution is 5.78. The molecule has 22 heavy (non-hydrogen) atoms. The topological polar surface area (TPSA) is 64.4 Å². The Bertz CT molecular complexity index is 520. The van der Waals surface area contributed by atoms with Gasteiger partial charge in [-0.15, -0.1) is 0 Å². The molecular formula is C17H26N2O3. The summed E-state index contributed by atoms with van der Waals surface area (Å²) < 4.78 is 10.9. The van der Waals surface area contributed by atoms with Crippen LogP contribution in [0.4, 0.5) is 0 Å². The molecule has 0 aliphatic heterocycles. The number of hydrogen-bond acceptors (Lipinski definition) is 4. The highest BCUT2D eigenvalue weighted by Gasteiger charge is 2.56. The third kappa shape index (κ3) is 2.91. The average molecular weight is 306 g/mol. The fourth-order valence-corrected chi connectivity index (χ4v) is 4.18. The minimum absolute atomic E-state index is 0.0400. The lowest BCUT2D eigenvalue weighted by Crippen LogP contribution is -2.65. The Hall–Kier alpha value is -1.36. The number of carbonyl (C=O) groups excluding carboxylic acids is 1. The standard InChI is InChI=1S/C17H26N2O3/c1-3-21-15-11-14(17(15)7-5-4-6-8-17)18-16(20)10-13-9-12(2)22-19-13/h9,14-15H,3-8,10-11H2,1-2H3,(H,18,20). The first-order valence-electron chi connectivity index (χ1n) is 8.47. The monoisotopic (exact) mass is 306 g/mol. The zero-order valence-electron chi connectivity index (χ0n) is 13.6. The van der Waals surface area contributed by atoms with E-state index in [0.29, 0.717) is 18.2 Å². The fourth-order valence-electron chi connectivity index (χ4n) is 4.18. The summed E-state index contributed by atoms with van der Waals surface area (Å²) in [5.74, 6) is 0.782. The first-order valence-corrected chi connectivity index (χ1v) is 8.47. The Balaban J connectivity index is 1.60. The molecular weight excluding hydrogens is 280 g/mol. The number of carbonyl (C=O) groups is 1. The maximum atomic E-state index is 12.3. The summed E-state index contributed by atoms with van der Waals surface area (Å²) in [6, 6.07) is 2.07. The third-order valence-corrected chi connectivity index (χ3v) is 5.29. The molecule has 122 valence electrons. The van der Waals surface area contributed by atoms with Gasteiger partial charge < -0.3 is 14.6 Å². The quantitative estimate of drug-likeness (QED) is 0.908. The van der Waals surface area contributed by atoms with Crippen LogP contribution in [-0.2, 0) is 16.0 Å². The van der Waals surface area contributed by atoms with Crippen molar-refractivity contribution in [3.05, 3.63) is 17.5 Å². The minimum Gasteiger partial charge on any atom is -0.378 e. The molecule has 1 spiro atoms. The molecule has 0 aromatic carbocycles. The van der Waals surface area contributed by atoms with E-state index < -0.39 is 0 Å². The van der Waals surface area contributed by atoms with Crippen LogP contribution < -0.4 is 5.32 Å². The van der Waals surface area contributed by atoms with Gasteiger partial charge in [-0.2, -0.15) is 0 Å². The summed E-state index contributed by atoms with van der Waals surface area (Å²) in [7, 11) is 0. The summed E-state index contributed by atoms with van der Waals surface area (Å²) in [4.78, 5) is 12.3. The van der Waals surface area contributed by atoms with E-state index >= 15 is 0 Å². The number of rotatable bonds is 5. The van der Waals surface area contributed by atoms with E-state index in [4.69, 9.17) is 9.26 Å². The van der Waals surface area contributed by atoms with Gasteiger partial charge in [-0.25, -0.2) is 0 Å². The first-order chi connectivity index (χ1) is 10.6. The molecule has 2 aliphatic rings. The lowest BCUT2D eigenvalue weighted by atomic mass is 9.55. The molecule has 2 aliphatic carbocycles. The SMILES string of the molecule is CCOC1CC(NC(=O)Cc2cc(C)on2)C12CCCCC2. The molecule has 5 nitrogen and oxygen atoms in total. The van der Waals surface area contributed by atoms with Gasteiger partial charge in [0.2, 0.25) is 5.91 Å². The van der Waals surface area contributed by atoms with E-state index in [1.54, 1.807) is 0 Å². The van der Waals surface area contributed by atoms with Crippen LogP contribution in [-0.4, -0.2) is 29.8 Å². The Morgan fingerprint density at radius 3 is 2.86 bits per heavy atom. The normalized spacial score (nSPS) is 26.6. The smallest absolute Gasteiger partial charge is 0.226 e. The van der Waals surface area contributed by atoms with E-state index in [9.17, 15) is 4.79 Å². The van der Waals surface area contributed by atoms with Gasteiger partial charge >= 0.3 is 0 Å². The van der Waals surface area contributed by atoms with Gasteiger partial charge in [0.1, 0.15) is 5.76 Å². The van der Waals surface area contributed by atoms with E-state index in [0.717, 1.165) is 18.8 Å². The van der Waals surface area contributed by atoms with Gasteiger partial charge in [0, 0.05) is 24.1 Å². The van der Waals surface area contributed by atoms with Gasteiger partial charge in [-0.3, -0.25) is 4.79 Å². The second kappa shape index (κ2) is 6.41. The molecule has 1 aromatic heterocycles. The van der Waals surface area contributed by atoms with Crippen molar-refractivity contribution in [1.82, 2.24) is 10.5 Å².